The van der Waals surface area contributed by atoms with E-state index in [0.29, 0.717) is 10.7 Å². The number of anilines is 2. The first-order chi connectivity index (χ1) is 12.2. The first kappa shape index (κ1) is 16.8. The van der Waals surface area contributed by atoms with Gasteiger partial charge in [-0.25, -0.2) is 4.79 Å². The molecule has 3 rings (SSSR count). The van der Waals surface area contributed by atoms with Gasteiger partial charge >= 0.3 is 6.03 Å². The fourth-order valence-corrected chi connectivity index (χ4v) is 2.39. The molecule has 3 aromatic carbocycles. The Hall–Kier alpha value is -3.04. The molecule has 0 spiro atoms. The monoisotopic (exact) mass is 348 g/mol. The molecular formula is C21H17ClN2O. The van der Waals surface area contributed by atoms with Gasteiger partial charge in [-0.05, 0) is 47.5 Å². The van der Waals surface area contributed by atoms with Gasteiger partial charge in [0.25, 0.3) is 0 Å². The average Bonchev–Trinajstić information content (AvgIpc) is 2.64. The van der Waals surface area contributed by atoms with E-state index in [0.717, 1.165) is 16.8 Å². The first-order valence-corrected chi connectivity index (χ1v) is 8.24. The highest BCUT2D eigenvalue weighted by atomic mass is 35.5. The molecule has 0 aliphatic carbocycles. The summed E-state index contributed by atoms with van der Waals surface area (Å²) >= 11 is 5.82. The van der Waals surface area contributed by atoms with Crippen molar-refractivity contribution in [3.05, 3.63) is 95.0 Å². The molecule has 4 heteroatoms. The minimum atomic E-state index is -0.296. The second-order valence-corrected chi connectivity index (χ2v) is 5.89. The molecule has 0 aromatic heterocycles. The maximum Gasteiger partial charge on any atom is 0.323 e. The third-order valence-corrected chi connectivity index (χ3v) is 3.79. The van der Waals surface area contributed by atoms with E-state index in [1.54, 1.807) is 24.3 Å². The molecule has 0 fully saturated rings. The van der Waals surface area contributed by atoms with Gasteiger partial charge in [0.1, 0.15) is 0 Å². The van der Waals surface area contributed by atoms with Crippen LogP contribution in [0.5, 0.6) is 0 Å². The number of halogens is 1. The first-order valence-electron chi connectivity index (χ1n) is 7.86. The third kappa shape index (κ3) is 5.23. The van der Waals surface area contributed by atoms with Gasteiger partial charge in [0.2, 0.25) is 0 Å². The molecule has 3 nitrogen and oxygen atoms in total. The van der Waals surface area contributed by atoms with Crippen molar-refractivity contribution in [1.82, 2.24) is 0 Å². The summed E-state index contributed by atoms with van der Waals surface area (Å²) in [6.45, 7) is 0. The van der Waals surface area contributed by atoms with Crippen molar-refractivity contribution in [3.63, 3.8) is 0 Å². The molecule has 2 amide bonds. The summed E-state index contributed by atoms with van der Waals surface area (Å²) < 4.78 is 0. The number of hydrogen-bond acceptors (Lipinski definition) is 1. The molecule has 0 heterocycles. The minimum absolute atomic E-state index is 0.296. The summed E-state index contributed by atoms with van der Waals surface area (Å²) in [5, 5.41) is 6.18. The highest BCUT2D eigenvalue weighted by Gasteiger charge is 2.02. The highest BCUT2D eigenvalue weighted by molar-refractivity contribution is 6.30. The molecule has 0 aliphatic heterocycles. The summed E-state index contributed by atoms with van der Waals surface area (Å²) in [7, 11) is 0. The smallest absolute Gasteiger partial charge is 0.308 e. The number of rotatable bonds is 4. The zero-order valence-corrected chi connectivity index (χ0v) is 14.2. The van der Waals surface area contributed by atoms with E-state index in [-0.39, 0.29) is 6.03 Å². The van der Waals surface area contributed by atoms with Gasteiger partial charge in [0.15, 0.2) is 0 Å². The predicted molar refractivity (Wildman–Crippen MR) is 106 cm³/mol. The van der Waals surface area contributed by atoms with Gasteiger partial charge in [-0.1, -0.05) is 66.2 Å². The summed E-state index contributed by atoms with van der Waals surface area (Å²) in [4.78, 5) is 12.0. The van der Waals surface area contributed by atoms with E-state index in [2.05, 4.69) is 16.7 Å². The van der Waals surface area contributed by atoms with Crippen LogP contribution < -0.4 is 10.6 Å². The Kier molecular flexibility index (Phi) is 5.50. The van der Waals surface area contributed by atoms with Crippen LogP contribution in [-0.4, -0.2) is 6.03 Å². The van der Waals surface area contributed by atoms with E-state index in [1.807, 2.05) is 60.7 Å². The summed E-state index contributed by atoms with van der Waals surface area (Å²) in [6.07, 6.45) is 4.09. The van der Waals surface area contributed by atoms with Gasteiger partial charge in [-0.15, -0.1) is 0 Å². The number of benzene rings is 3. The lowest BCUT2D eigenvalue weighted by molar-refractivity contribution is 0.262. The second kappa shape index (κ2) is 8.18. The van der Waals surface area contributed by atoms with Crippen molar-refractivity contribution in [1.29, 1.82) is 0 Å². The number of amides is 2. The Morgan fingerprint density at radius 2 is 1.16 bits per heavy atom. The molecule has 0 aliphatic rings. The lowest BCUT2D eigenvalue weighted by Crippen LogP contribution is -2.19. The van der Waals surface area contributed by atoms with Crippen molar-refractivity contribution in [2.45, 2.75) is 0 Å². The molecule has 2 N–H and O–H groups in total. The predicted octanol–water partition coefficient (Wildman–Crippen LogP) is 6.15. The SMILES string of the molecule is O=C(Nc1ccc(Cl)cc1)Nc1ccc(/C=C/c2ccccc2)cc1. The van der Waals surface area contributed by atoms with Crippen LogP contribution >= 0.6 is 11.6 Å². The van der Waals surface area contributed by atoms with E-state index < -0.39 is 0 Å². The molecule has 0 atom stereocenters. The lowest BCUT2D eigenvalue weighted by atomic mass is 10.1. The van der Waals surface area contributed by atoms with Gasteiger partial charge in [-0.3, -0.25) is 0 Å². The van der Waals surface area contributed by atoms with Crippen molar-refractivity contribution in [2.75, 3.05) is 10.6 Å². The van der Waals surface area contributed by atoms with Crippen LogP contribution in [0.4, 0.5) is 16.2 Å². The van der Waals surface area contributed by atoms with E-state index in [4.69, 9.17) is 11.6 Å². The Balaban J connectivity index is 1.57. The molecule has 3 aromatic rings. The summed E-state index contributed by atoms with van der Waals surface area (Å²) in [5.74, 6) is 0. The fraction of sp³-hybridized carbons (Fsp3) is 0. The van der Waals surface area contributed by atoms with Crippen LogP contribution in [0.25, 0.3) is 12.2 Å². The Labute approximate surface area is 152 Å². The minimum Gasteiger partial charge on any atom is -0.308 e. The van der Waals surface area contributed by atoms with Gasteiger partial charge in [0.05, 0.1) is 0 Å². The third-order valence-electron chi connectivity index (χ3n) is 3.54. The normalized spacial score (nSPS) is 10.6. The van der Waals surface area contributed by atoms with Crippen LogP contribution in [0.15, 0.2) is 78.9 Å². The van der Waals surface area contributed by atoms with Crippen LogP contribution in [0, 0.1) is 0 Å². The van der Waals surface area contributed by atoms with Crippen LogP contribution in [0.1, 0.15) is 11.1 Å². The van der Waals surface area contributed by atoms with Gasteiger partial charge < -0.3 is 10.6 Å². The van der Waals surface area contributed by atoms with E-state index >= 15 is 0 Å². The van der Waals surface area contributed by atoms with Crippen molar-refractivity contribution < 1.29 is 4.79 Å². The maximum absolute atomic E-state index is 12.0. The molecule has 0 unspecified atom stereocenters. The number of hydrogen-bond donors (Lipinski definition) is 2. The molecule has 0 saturated carbocycles. The summed E-state index contributed by atoms with van der Waals surface area (Å²) in [5.41, 5.74) is 3.62. The largest absolute Gasteiger partial charge is 0.323 e. The lowest BCUT2D eigenvalue weighted by Gasteiger charge is -2.08. The van der Waals surface area contributed by atoms with Crippen LogP contribution in [-0.2, 0) is 0 Å². The zero-order valence-electron chi connectivity index (χ0n) is 13.4. The van der Waals surface area contributed by atoms with E-state index in [1.165, 1.54) is 0 Å². The Morgan fingerprint density at radius 1 is 0.680 bits per heavy atom. The topological polar surface area (TPSA) is 41.1 Å². The number of carbonyl (C=O) groups excluding carboxylic acids is 1. The van der Waals surface area contributed by atoms with Gasteiger partial charge in [0, 0.05) is 16.4 Å². The summed E-state index contributed by atoms with van der Waals surface area (Å²) in [6, 6.07) is 24.4. The number of carbonyl (C=O) groups is 1. The Bertz CT molecular complexity index is 857. The molecule has 124 valence electrons. The molecule has 25 heavy (non-hydrogen) atoms. The fourth-order valence-electron chi connectivity index (χ4n) is 2.26. The highest BCUT2D eigenvalue weighted by Crippen LogP contribution is 2.15. The van der Waals surface area contributed by atoms with Crippen LogP contribution in [0.2, 0.25) is 5.02 Å². The van der Waals surface area contributed by atoms with Crippen molar-refractivity contribution >= 4 is 41.2 Å². The molecule has 0 bridgehead atoms. The molecule has 0 radical (unpaired) electrons. The quantitative estimate of drug-likeness (QED) is 0.545. The van der Waals surface area contributed by atoms with Crippen molar-refractivity contribution in [2.24, 2.45) is 0 Å². The molecule has 0 saturated heterocycles. The van der Waals surface area contributed by atoms with Crippen molar-refractivity contribution in [3.8, 4) is 0 Å². The second-order valence-electron chi connectivity index (χ2n) is 5.45. The standard InChI is InChI=1S/C21H17ClN2O/c22-18-10-14-20(15-11-18)24-21(25)23-19-12-8-17(9-13-19)7-6-16-4-2-1-3-5-16/h1-15H,(H2,23,24,25)/b7-6+. The molecular weight excluding hydrogens is 332 g/mol. The average molecular weight is 349 g/mol. The van der Waals surface area contributed by atoms with Gasteiger partial charge in [-0.2, -0.15) is 0 Å². The van der Waals surface area contributed by atoms with E-state index in [9.17, 15) is 4.79 Å². The van der Waals surface area contributed by atoms with Crippen LogP contribution in [0.3, 0.4) is 0 Å². The maximum atomic E-state index is 12.0. The number of nitrogens with one attached hydrogen (secondary N) is 2. The Morgan fingerprint density at radius 3 is 1.72 bits per heavy atom. The zero-order chi connectivity index (χ0) is 17.5. The number of urea groups is 1.